The predicted octanol–water partition coefficient (Wildman–Crippen LogP) is 5.43. The zero-order valence-electron chi connectivity index (χ0n) is 29.4. The van der Waals surface area contributed by atoms with Crippen LogP contribution in [-0.4, -0.2) is 59.3 Å². The average Bonchev–Trinajstić information content (AvgIpc) is 3.64. The molecule has 0 aliphatic heterocycles. The van der Waals surface area contributed by atoms with Crippen LogP contribution in [0.4, 0.5) is 0 Å². The van der Waals surface area contributed by atoms with Crippen molar-refractivity contribution in [3.8, 4) is 11.5 Å². The Morgan fingerprint density at radius 2 is 1.24 bits per heavy atom. The number of rotatable bonds is 15. The number of carbonyl (C=O) groups excluding carboxylic acids is 4. The fourth-order valence-electron chi connectivity index (χ4n) is 5.71. The van der Waals surface area contributed by atoms with Crippen molar-refractivity contribution in [3.63, 3.8) is 0 Å². The van der Waals surface area contributed by atoms with Crippen molar-refractivity contribution in [3.05, 3.63) is 106 Å². The summed E-state index contributed by atoms with van der Waals surface area (Å²) in [4.78, 5) is 57.9. The van der Waals surface area contributed by atoms with Gasteiger partial charge in [-0.15, -0.1) is 0 Å². The Balaban J connectivity index is 1.21. The van der Waals surface area contributed by atoms with Crippen molar-refractivity contribution >= 4 is 23.6 Å². The van der Waals surface area contributed by atoms with E-state index in [-0.39, 0.29) is 71.0 Å². The molecule has 3 atom stereocenters. The predicted molar refractivity (Wildman–Crippen MR) is 190 cm³/mol. The molecule has 0 saturated heterocycles. The van der Waals surface area contributed by atoms with Crippen LogP contribution in [0.25, 0.3) is 0 Å². The highest BCUT2D eigenvalue weighted by atomic mass is 16.5. The molecule has 2 aromatic heterocycles. The molecule has 0 spiro atoms. The van der Waals surface area contributed by atoms with Crippen LogP contribution in [0.3, 0.4) is 0 Å². The highest BCUT2D eigenvalue weighted by Crippen LogP contribution is 2.30. The summed E-state index contributed by atoms with van der Waals surface area (Å²) in [7, 11) is 1.50. The molecule has 2 heterocycles. The highest BCUT2D eigenvalue weighted by molar-refractivity contribution is 6.01. The van der Waals surface area contributed by atoms with Crippen LogP contribution in [0.1, 0.15) is 116 Å². The van der Waals surface area contributed by atoms with Gasteiger partial charge in [0.2, 0.25) is 0 Å². The number of aromatic nitrogens is 2. The quantitative estimate of drug-likeness (QED) is 0.0978. The van der Waals surface area contributed by atoms with E-state index in [0.717, 1.165) is 35.1 Å². The Morgan fingerprint density at radius 1 is 0.740 bits per heavy atom. The molecule has 2 aromatic carbocycles. The van der Waals surface area contributed by atoms with Crippen LogP contribution in [0.5, 0.6) is 11.5 Å². The second-order valence-electron chi connectivity index (χ2n) is 12.8. The maximum Gasteiger partial charge on any atom is 0.271 e. The third-order valence-electron chi connectivity index (χ3n) is 8.75. The molecule has 0 radical (unpaired) electrons. The molecule has 12 heteroatoms. The molecule has 1 aliphatic carbocycles. The van der Waals surface area contributed by atoms with E-state index >= 15 is 0 Å². The van der Waals surface area contributed by atoms with Crippen LogP contribution in [0.15, 0.2) is 60.7 Å². The molecule has 264 valence electrons. The molecule has 1 saturated carbocycles. The normalized spacial score (nSPS) is 14.2. The van der Waals surface area contributed by atoms with Gasteiger partial charge in [0.1, 0.15) is 35.0 Å². The second-order valence-corrected chi connectivity index (χ2v) is 12.8. The lowest BCUT2D eigenvalue weighted by Gasteiger charge is -2.17. The molecular weight excluding hydrogens is 636 g/mol. The van der Waals surface area contributed by atoms with Gasteiger partial charge in [-0.1, -0.05) is 48.5 Å². The second kappa shape index (κ2) is 15.8. The summed E-state index contributed by atoms with van der Waals surface area (Å²) < 4.78 is 12.4. The SMILES string of the molecule is CNC(=O)c1[nH]c(C(=O)NC(C)CCNC(=O)c2[nH]c(C(=O)NC3CC3)cc2OC(C)c2ccccc2C)cc1OC(C)c1ccccc1C. The van der Waals surface area contributed by atoms with Gasteiger partial charge < -0.3 is 40.7 Å². The summed E-state index contributed by atoms with van der Waals surface area (Å²) in [5, 5.41) is 11.3. The van der Waals surface area contributed by atoms with E-state index in [1.165, 1.54) is 13.1 Å². The minimum absolute atomic E-state index is 0.142. The Hall–Kier alpha value is -5.52. The summed E-state index contributed by atoms with van der Waals surface area (Å²) in [5.41, 5.74) is 4.73. The average molecular weight is 683 g/mol. The number of carbonyl (C=O) groups is 4. The molecule has 5 rings (SSSR count). The number of aromatic amines is 2. The van der Waals surface area contributed by atoms with Gasteiger partial charge >= 0.3 is 0 Å². The Kier molecular flexibility index (Phi) is 11.3. The summed E-state index contributed by atoms with van der Waals surface area (Å²) in [6.07, 6.45) is 1.53. The van der Waals surface area contributed by atoms with E-state index in [1.54, 1.807) is 6.07 Å². The lowest BCUT2D eigenvalue weighted by Crippen LogP contribution is -2.36. The maximum atomic E-state index is 13.4. The first-order valence-corrected chi connectivity index (χ1v) is 17.0. The van der Waals surface area contributed by atoms with Gasteiger partial charge in [0.15, 0.2) is 11.5 Å². The van der Waals surface area contributed by atoms with E-state index in [0.29, 0.717) is 6.42 Å². The molecule has 50 heavy (non-hydrogen) atoms. The van der Waals surface area contributed by atoms with Crippen molar-refractivity contribution in [1.82, 2.24) is 31.2 Å². The standard InChI is InChI=1S/C38H46N6O6/c1-21-11-7-9-13-27(21)24(4)49-31-19-29(43-33(31)37(47)39-6)35(45)41-23(3)17-18-40-38(48)34-32(20-30(44-34)36(46)42-26-15-16-26)50-25(5)28-14-10-8-12-22(28)2/h7-14,19-20,23-26,43-44H,15-18H2,1-6H3,(H,39,47)(H,40,48)(H,41,45)(H,42,46). The van der Waals surface area contributed by atoms with Crippen LogP contribution in [0, 0.1) is 13.8 Å². The van der Waals surface area contributed by atoms with Crippen molar-refractivity contribution in [2.75, 3.05) is 13.6 Å². The van der Waals surface area contributed by atoms with Gasteiger partial charge in [-0.05, 0) is 76.1 Å². The maximum absolute atomic E-state index is 13.4. The summed E-state index contributed by atoms with van der Waals surface area (Å²) >= 11 is 0. The summed E-state index contributed by atoms with van der Waals surface area (Å²) in [6.45, 7) is 9.80. The molecule has 0 bridgehead atoms. The van der Waals surface area contributed by atoms with Gasteiger partial charge in [0.05, 0.1) is 0 Å². The van der Waals surface area contributed by atoms with E-state index in [4.69, 9.17) is 9.47 Å². The summed E-state index contributed by atoms with van der Waals surface area (Å²) in [5.74, 6) is -1.04. The molecule has 3 unspecified atom stereocenters. The Labute approximate surface area is 292 Å². The zero-order valence-corrected chi connectivity index (χ0v) is 29.4. The van der Waals surface area contributed by atoms with E-state index < -0.39 is 17.7 Å². The molecule has 1 aliphatic rings. The molecular formula is C38H46N6O6. The monoisotopic (exact) mass is 682 g/mol. The van der Waals surface area contributed by atoms with Gasteiger partial charge in [0, 0.05) is 37.8 Å². The zero-order chi connectivity index (χ0) is 35.9. The van der Waals surface area contributed by atoms with Crippen LogP contribution in [0.2, 0.25) is 0 Å². The van der Waals surface area contributed by atoms with Gasteiger partial charge in [0.25, 0.3) is 23.6 Å². The molecule has 4 amide bonds. The number of H-pyrrole nitrogens is 2. The van der Waals surface area contributed by atoms with Crippen LogP contribution in [-0.2, 0) is 0 Å². The minimum Gasteiger partial charge on any atom is -0.484 e. The first kappa shape index (κ1) is 35.8. The summed E-state index contributed by atoms with van der Waals surface area (Å²) in [6, 6.07) is 18.5. The van der Waals surface area contributed by atoms with E-state index in [9.17, 15) is 19.2 Å². The fourth-order valence-corrected chi connectivity index (χ4v) is 5.71. The highest BCUT2D eigenvalue weighted by Gasteiger charge is 2.28. The van der Waals surface area contributed by atoms with E-state index in [1.807, 2.05) is 83.1 Å². The number of hydrogen-bond acceptors (Lipinski definition) is 6. The lowest BCUT2D eigenvalue weighted by molar-refractivity contribution is 0.0928. The smallest absolute Gasteiger partial charge is 0.271 e. The minimum atomic E-state index is -0.440. The van der Waals surface area contributed by atoms with Gasteiger partial charge in [-0.25, -0.2) is 0 Å². The molecule has 6 N–H and O–H groups in total. The van der Waals surface area contributed by atoms with E-state index in [2.05, 4.69) is 31.2 Å². The number of aryl methyl sites for hydroxylation is 2. The number of amides is 4. The first-order valence-electron chi connectivity index (χ1n) is 17.0. The molecule has 4 aromatic rings. The van der Waals surface area contributed by atoms with Gasteiger partial charge in [-0.3, -0.25) is 19.2 Å². The third-order valence-corrected chi connectivity index (χ3v) is 8.75. The molecule has 1 fully saturated rings. The molecule has 12 nitrogen and oxygen atoms in total. The number of benzene rings is 2. The largest absolute Gasteiger partial charge is 0.484 e. The number of ether oxygens (including phenoxy) is 2. The first-order chi connectivity index (χ1) is 23.9. The number of nitrogens with one attached hydrogen (secondary N) is 6. The third kappa shape index (κ3) is 8.73. The fraction of sp³-hybridized carbons (Fsp3) is 0.368. The Morgan fingerprint density at radius 3 is 1.74 bits per heavy atom. The van der Waals surface area contributed by atoms with Crippen molar-refractivity contribution in [1.29, 1.82) is 0 Å². The van der Waals surface area contributed by atoms with Gasteiger partial charge in [-0.2, -0.15) is 0 Å². The van der Waals surface area contributed by atoms with Crippen LogP contribution < -0.4 is 30.7 Å². The van der Waals surface area contributed by atoms with Crippen molar-refractivity contribution in [2.24, 2.45) is 0 Å². The topological polar surface area (TPSA) is 166 Å². The Bertz CT molecular complexity index is 1860. The van der Waals surface area contributed by atoms with Crippen LogP contribution >= 0.6 is 0 Å². The van der Waals surface area contributed by atoms with Crippen molar-refractivity contribution < 1.29 is 28.7 Å². The number of hydrogen-bond donors (Lipinski definition) is 6. The van der Waals surface area contributed by atoms with Crippen molar-refractivity contribution in [2.45, 2.75) is 78.2 Å². The lowest BCUT2D eigenvalue weighted by atomic mass is 10.0.